The third-order valence-electron chi connectivity index (χ3n) is 9.14. The maximum atomic E-state index is 2.79. The van der Waals surface area contributed by atoms with Gasteiger partial charge in [-0.2, -0.15) is 0 Å². The molecule has 4 aromatic rings. The molecule has 4 aromatic carbocycles. The largest absolute Gasteiger partial charge is 0.303 e. The number of piperidine rings is 1. The lowest BCUT2D eigenvalue weighted by Crippen LogP contribution is -2.38. The third kappa shape index (κ3) is 6.20. The third-order valence-corrected chi connectivity index (χ3v) is 9.14. The average Bonchev–Trinajstić information content (AvgIpc) is 3.37. The molecular weight excluding hydrogens is 460 g/mol. The van der Waals surface area contributed by atoms with E-state index in [0.717, 1.165) is 19.0 Å². The predicted octanol–water partition coefficient (Wildman–Crippen LogP) is 7.79. The minimum atomic E-state index is 0.620. The van der Waals surface area contributed by atoms with Crippen LogP contribution in [-0.2, 0) is 13.0 Å². The Kier molecular flexibility index (Phi) is 8.19. The van der Waals surface area contributed by atoms with Crippen LogP contribution in [-0.4, -0.2) is 42.5 Å². The van der Waals surface area contributed by atoms with Gasteiger partial charge in [-0.3, -0.25) is 4.90 Å². The molecule has 2 saturated heterocycles. The first-order chi connectivity index (χ1) is 18.8. The summed E-state index contributed by atoms with van der Waals surface area (Å²) in [6, 6.07) is 38.0. The Morgan fingerprint density at radius 1 is 0.658 bits per heavy atom. The molecule has 0 radical (unpaired) electrons. The highest BCUT2D eigenvalue weighted by atomic mass is 15.2. The summed E-state index contributed by atoms with van der Waals surface area (Å²) < 4.78 is 0. The van der Waals surface area contributed by atoms with Gasteiger partial charge in [0, 0.05) is 32.1 Å². The normalized spacial score (nSPS) is 21.3. The summed E-state index contributed by atoms with van der Waals surface area (Å²) in [7, 11) is 0. The molecule has 2 heterocycles. The summed E-state index contributed by atoms with van der Waals surface area (Å²) in [5.74, 6) is 2.23. The summed E-state index contributed by atoms with van der Waals surface area (Å²) in [4.78, 5) is 5.51. The van der Waals surface area contributed by atoms with E-state index in [0.29, 0.717) is 11.8 Å². The van der Waals surface area contributed by atoms with E-state index in [1.807, 2.05) is 0 Å². The van der Waals surface area contributed by atoms with Gasteiger partial charge in [-0.1, -0.05) is 110 Å². The quantitative estimate of drug-likeness (QED) is 0.230. The van der Waals surface area contributed by atoms with Crippen molar-refractivity contribution in [3.63, 3.8) is 0 Å². The molecular formula is C36H42N2. The molecule has 0 bridgehead atoms. The van der Waals surface area contributed by atoms with Gasteiger partial charge in [0.2, 0.25) is 0 Å². The van der Waals surface area contributed by atoms with Crippen LogP contribution in [0.3, 0.4) is 0 Å². The van der Waals surface area contributed by atoms with E-state index in [-0.39, 0.29) is 0 Å². The van der Waals surface area contributed by atoms with Gasteiger partial charge in [0.05, 0.1) is 0 Å². The van der Waals surface area contributed by atoms with E-state index in [1.165, 1.54) is 85.7 Å². The molecule has 0 amide bonds. The van der Waals surface area contributed by atoms with Gasteiger partial charge in [-0.05, 0) is 78.1 Å². The van der Waals surface area contributed by atoms with Gasteiger partial charge in [0.15, 0.2) is 0 Å². The Balaban J connectivity index is 1.06. The van der Waals surface area contributed by atoms with Crippen LogP contribution in [0.2, 0.25) is 0 Å². The molecule has 0 saturated carbocycles. The molecule has 0 spiro atoms. The Morgan fingerprint density at radius 2 is 1.37 bits per heavy atom. The Bertz CT molecular complexity index is 1270. The maximum Gasteiger partial charge on any atom is 0.0240 e. The number of rotatable bonds is 9. The fourth-order valence-electron chi connectivity index (χ4n) is 7.05. The molecule has 2 aliphatic heterocycles. The average molecular weight is 503 g/mol. The topological polar surface area (TPSA) is 6.48 Å². The van der Waals surface area contributed by atoms with Crippen molar-refractivity contribution in [2.75, 3.05) is 32.7 Å². The van der Waals surface area contributed by atoms with Crippen molar-refractivity contribution in [3.05, 3.63) is 120 Å². The maximum absolute atomic E-state index is 2.79. The molecule has 2 heteroatoms. The summed E-state index contributed by atoms with van der Waals surface area (Å²) in [6.45, 7) is 7.19. The number of hydrogen-bond donors (Lipinski definition) is 0. The predicted molar refractivity (Wildman–Crippen MR) is 160 cm³/mol. The fraction of sp³-hybridized carbons (Fsp3) is 0.389. The van der Waals surface area contributed by atoms with Crippen molar-refractivity contribution in [2.24, 2.45) is 11.8 Å². The minimum Gasteiger partial charge on any atom is -0.303 e. The molecule has 38 heavy (non-hydrogen) atoms. The molecule has 0 aromatic heterocycles. The van der Waals surface area contributed by atoms with Crippen LogP contribution in [0, 0.1) is 11.8 Å². The highest BCUT2D eigenvalue weighted by Crippen LogP contribution is 2.36. The first kappa shape index (κ1) is 25.3. The van der Waals surface area contributed by atoms with E-state index in [4.69, 9.17) is 0 Å². The highest BCUT2D eigenvalue weighted by Gasteiger charge is 2.35. The number of aryl methyl sites for hydroxylation is 1. The molecule has 6 rings (SSSR count). The van der Waals surface area contributed by atoms with Crippen molar-refractivity contribution in [3.8, 4) is 0 Å². The van der Waals surface area contributed by atoms with Crippen LogP contribution >= 0.6 is 0 Å². The summed E-state index contributed by atoms with van der Waals surface area (Å²) in [5.41, 5.74) is 4.48. The number of benzene rings is 4. The zero-order chi connectivity index (χ0) is 25.6. The molecule has 0 aliphatic carbocycles. The first-order valence-electron chi connectivity index (χ1n) is 14.8. The van der Waals surface area contributed by atoms with Crippen LogP contribution < -0.4 is 0 Å². The van der Waals surface area contributed by atoms with Gasteiger partial charge >= 0.3 is 0 Å². The summed E-state index contributed by atoms with van der Waals surface area (Å²) in [6.07, 6.45) is 6.69. The van der Waals surface area contributed by atoms with Gasteiger partial charge < -0.3 is 4.90 Å². The first-order valence-corrected chi connectivity index (χ1v) is 14.8. The monoisotopic (exact) mass is 502 g/mol. The van der Waals surface area contributed by atoms with E-state index in [9.17, 15) is 0 Å². The van der Waals surface area contributed by atoms with E-state index in [1.54, 1.807) is 0 Å². The lowest BCUT2D eigenvalue weighted by Gasteiger charge is -2.35. The second kappa shape index (κ2) is 12.3. The number of hydrogen-bond acceptors (Lipinski definition) is 2. The zero-order valence-electron chi connectivity index (χ0n) is 22.7. The van der Waals surface area contributed by atoms with E-state index < -0.39 is 0 Å². The Hall–Kier alpha value is -2.94. The van der Waals surface area contributed by atoms with Crippen LogP contribution in [0.15, 0.2) is 103 Å². The zero-order valence-corrected chi connectivity index (χ0v) is 22.7. The van der Waals surface area contributed by atoms with Crippen LogP contribution in [0.25, 0.3) is 10.8 Å². The molecule has 2 aliphatic rings. The fourth-order valence-corrected chi connectivity index (χ4v) is 7.05. The highest BCUT2D eigenvalue weighted by molar-refractivity contribution is 5.85. The van der Waals surface area contributed by atoms with Gasteiger partial charge in [0.1, 0.15) is 0 Å². The summed E-state index contributed by atoms with van der Waals surface area (Å²) in [5, 5.41) is 2.76. The van der Waals surface area contributed by atoms with Crippen molar-refractivity contribution >= 4 is 10.8 Å². The standard InChI is InChI=1S/C36H42N2/c1-3-11-29(12-4-1)13-9-14-30-21-23-37(24-22-30)26-34-27-38(28-36(34)32-15-5-2-6-16-32)25-33-19-10-18-31-17-7-8-20-35(31)33/h1-8,10-12,15-20,30,34,36H,9,13-14,21-28H2/t34-,36+/m0/s1. The Morgan fingerprint density at radius 3 is 2.18 bits per heavy atom. The van der Waals surface area contributed by atoms with E-state index >= 15 is 0 Å². The summed E-state index contributed by atoms with van der Waals surface area (Å²) >= 11 is 0. The van der Waals surface area contributed by atoms with Crippen molar-refractivity contribution in [1.82, 2.24) is 9.80 Å². The molecule has 0 N–H and O–H groups in total. The molecule has 0 unspecified atom stereocenters. The lowest BCUT2D eigenvalue weighted by atomic mass is 9.87. The van der Waals surface area contributed by atoms with Crippen molar-refractivity contribution < 1.29 is 0 Å². The molecule has 2 nitrogen and oxygen atoms in total. The number of fused-ring (bicyclic) bond motifs is 1. The molecule has 2 atom stereocenters. The van der Waals surface area contributed by atoms with Gasteiger partial charge in [-0.25, -0.2) is 0 Å². The van der Waals surface area contributed by atoms with Crippen molar-refractivity contribution in [1.29, 1.82) is 0 Å². The lowest BCUT2D eigenvalue weighted by molar-refractivity contribution is 0.151. The second-order valence-corrected chi connectivity index (χ2v) is 11.7. The van der Waals surface area contributed by atoms with Gasteiger partial charge in [0.25, 0.3) is 0 Å². The number of nitrogens with zero attached hydrogens (tertiary/aromatic N) is 2. The van der Waals surface area contributed by atoms with Gasteiger partial charge in [-0.15, -0.1) is 0 Å². The smallest absolute Gasteiger partial charge is 0.0240 e. The molecule has 196 valence electrons. The van der Waals surface area contributed by atoms with E-state index in [2.05, 4.69) is 113 Å². The Labute approximate surface area is 229 Å². The van der Waals surface area contributed by atoms with Crippen LogP contribution in [0.4, 0.5) is 0 Å². The number of likely N-dealkylation sites (tertiary alicyclic amines) is 2. The van der Waals surface area contributed by atoms with Crippen molar-refractivity contribution in [2.45, 2.75) is 44.6 Å². The minimum absolute atomic E-state index is 0.620. The van der Waals surface area contributed by atoms with Crippen LogP contribution in [0.5, 0.6) is 0 Å². The van der Waals surface area contributed by atoms with Crippen LogP contribution in [0.1, 0.15) is 48.3 Å². The molecule has 2 fully saturated rings. The second-order valence-electron chi connectivity index (χ2n) is 11.7. The SMILES string of the molecule is c1ccc(CCCC2CCN(C[C@H]3CN(Cc4cccc5ccccc45)C[C@@H]3c3ccccc3)CC2)cc1.